The van der Waals surface area contributed by atoms with Crippen molar-refractivity contribution < 1.29 is 19.8 Å². The SMILES string of the molecule is CCCCN(C(=O)NC[C@H](O)C(=O)O)C(C)CC. The van der Waals surface area contributed by atoms with Gasteiger partial charge in [0.25, 0.3) is 0 Å². The number of carbonyl (C=O) groups excluding carboxylic acids is 1. The monoisotopic (exact) mass is 260 g/mol. The fourth-order valence-corrected chi connectivity index (χ4v) is 1.44. The van der Waals surface area contributed by atoms with Gasteiger partial charge in [0.15, 0.2) is 6.10 Å². The summed E-state index contributed by atoms with van der Waals surface area (Å²) in [6.45, 7) is 6.35. The molecule has 3 N–H and O–H groups in total. The Morgan fingerprint density at radius 1 is 1.33 bits per heavy atom. The molecule has 1 unspecified atom stereocenters. The maximum atomic E-state index is 11.9. The number of aliphatic hydroxyl groups is 1. The Morgan fingerprint density at radius 2 is 1.94 bits per heavy atom. The van der Waals surface area contributed by atoms with Crippen LogP contribution in [0.1, 0.15) is 40.0 Å². The number of carboxylic acid groups (broad SMARTS) is 1. The number of hydrogen-bond acceptors (Lipinski definition) is 3. The van der Waals surface area contributed by atoms with Crippen molar-refractivity contribution in [2.75, 3.05) is 13.1 Å². The van der Waals surface area contributed by atoms with Crippen LogP contribution in [-0.2, 0) is 4.79 Å². The molecule has 0 spiro atoms. The Balaban J connectivity index is 4.32. The summed E-state index contributed by atoms with van der Waals surface area (Å²) < 4.78 is 0. The highest BCUT2D eigenvalue weighted by atomic mass is 16.4. The molecular weight excluding hydrogens is 236 g/mol. The minimum atomic E-state index is -1.56. The zero-order valence-corrected chi connectivity index (χ0v) is 11.3. The Morgan fingerprint density at radius 3 is 2.39 bits per heavy atom. The van der Waals surface area contributed by atoms with E-state index in [4.69, 9.17) is 10.2 Å². The van der Waals surface area contributed by atoms with Crippen LogP contribution in [0.15, 0.2) is 0 Å². The van der Waals surface area contributed by atoms with Crippen LogP contribution in [0.2, 0.25) is 0 Å². The molecular formula is C12H24N2O4. The number of hydrogen-bond donors (Lipinski definition) is 3. The van der Waals surface area contributed by atoms with E-state index in [-0.39, 0.29) is 18.6 Å². The lowest BCUT2D eigenvalue weighted by atomic mass is 10.2. The van der Waals surface area contributed by atoms with Crippen molar-refractivity contribution >= 4 is 12.0 Å². The molecule has 18 heavy (non-hydrogen) atoms. The second-order valence-electron chi connectivity index (χ2n) is 4.34. The van der Waals surface area contributed by atoms with Gasteiger partial charge in [0.05, 0.1) is 6.54 Å². The molecule has 0 saturated carbocycles. The van der Waals surface area contributed by atoms with E-state index < -0.39 is 12.1 Å². The van der Waals surface area contributed by atoms with Crippen LogP contribution in [-0.4, -0.2) is 52.3 Å². The van der Waals surface area contributed by atoms with Gasteiger partial charge in [0.2, 0.25) is 0 Å². The molecule has 6 heteroatoms. The average molecular weight is 260 g/mol. The van der Waals surface area contributed by atoms with Crippen molar-refractivity contribution in [3.8, 4) is 0 Å². The standard InChI is InChI=1S/C12H24N2O4/c1-4-6-7-14(9(3)5-2)12(18)13-8-10(15)11(16)17/h9-10,15H,4-8H2,1-3H3,(H,13,18)(H,16,17)/t9?,10-/m0/s1. The number of nitrogens with one attached hydrogen (secondary N) is 1. The van der Waals surface area contributed by atoms with E-state index in [1.54, 1.807) is 4.90 Å². The molecule has 0 bridgehead atoms. The number of aliphatic carboxylic acids is 1. The van der Waals surface area contributed by atoms with Crippen molar-refractivity contribution in [2.24, 2.45) is 0 Å². The van der Waals surface area contributed by atoms with E-state index in [1.807, 2.05) is 20.8 Å². The molecule has 0 aliphatic rings. The molecule has 0 aliphatic heterocycles. The number of amides is 2. The van der Waals surface area contributed by atoms with Crippen LogP contribution >= 0.6 is 0 Å². The molecule has 0 saturated heterocycles. The van der Waals surface area contributed by atoms with Gasteiger partial charge in [-0.25, -0.2) is 9.59 Å². The Bertz CT molecular complexity index is 271. The first kappa shape index (κ1) is 16.7. The smallest absolute Gasteiger partial charge is 0.334 e. The molecule has 0 fully saturated rings. The molecule has 0 rings (SSSR count). The highest BCUT2D eigenvalue weighted by Crippen LogP contribution is 2.06. The van der Waals surface area contributed by atoms with Crippen LogP contribution in [0.5, 0.6) is 0 Å². The van der Waals surface area contributed by atoms with Gasteiger partial charge in [0.1, 0.15) is 0 Å². The van der Waals surface area contributed by atoms with Gasteiger partial charge in [-0.2, -0.15) is 0 Å². The van der Waals surface area contributed by atoms with Crippen LogP contribution in [0.25, 0.3) is 0 Å². The molecule has 2 amide bonds. The average Bonchev–Trinajstić information content (AvgIpc) is 2.35. The summed E-state index contributed by atoms with van der Waals surface area (Å²) in [5.41, 5.74) is 0. The number of unbranched alkanes of at least 4 members (excludes halogenated alkanes) is 1. The third kappa shape index (κ3) is 5.86. The van der Waals surface area contributed by atoms with Crippen molar-refractivity contribution in [3.63, 3.8) is 0 Å². The minimum absolute atomic E-state index is 0.0959. The minimum Gasteiger partial charge on any atom is -0.479 e. The molecule has 0 aromatic heterocycles. The zero-order chi connectivity index (χ0) is 14.1. The maximum Gasteiger partial charge on any atom is 0.334 e. The van der Waals surface area contributed by atoms with Crippen LogP contribution in [0, 0.1) is 0 Å². The number of urea groups is 1. The predicted molar refractivity (Wildman–Crippen MR) is 68.4 cm³/mol. The highest BCUT2D eigenvalue weighted by molar-refractivity contribution is 5.77. The first-order chi connectivity index (χ1) is 8.43. The number of rotatable bonds is 8. The molecule has 0 heterocycles. The zero-order valence-electron chi connectivity index (χ0n) is 11.3. The third-order valence-electron chi connectivity index (χ3n) is 2.87. The summed E-state index contributed by atoms with van der Waals surface area (Å²) in [5.74, 6) is -1.33. The van der Waals surface area contributed by atoms with Gasteiger partial charge in [-0.1, -0.05) is 20.3 Å². The summed E-state index contributed by atoms with van der Waals surface area (Å²) >= 11 is 0. The maximum absolute atomic E-state index is 11.9. The third-order valence-corrected chi connectivity index (χ3v) is 2.87. The molecule has 0 aromatic carbocycles. The van der Waals surface area contributed by atoms with E-state index >= 15 is 0 Å². The van der Waals surface area contributed by atoms with Gasteiger partial charge in [-0.15, -0.1) is 0 Å². The summed E-state index contributed by atoms with van der Waals surface area (Å²) in [5, 5.41) is 20.1. The number of carbonyl (C=O) groups is 2. The fourth-order valence-electron chi connectivity index (χ4n) is 1.44. The predicted octanol–water partition coefficient (Wildman–Crippen LogP) is 1.04. The van der Waals surface area contributed by atoms with Gasteiger partial charge >= 0.3 is 12.0 Å². The van der Waals surface area contributed by atoms with Crippen molar-refractivity contribution in [3.05, 3.63) is 0 Å². The first-order valence-electron chi connectivity index (χ1n) is 6.39. The van der Waals surface area contributed by atoms with E-state index in [2.05, 4.69) is 5.32 Å². The van der Waals surface area contributed by atoms with Crippen molar-refractivity contribution in [2.45, 2.75) is 52.2 Å². The van der Waals surface area contributed by atoms with Gasteiger partial charge in [0, 0.05) is 12.6 Å². The molecule has 0 aromatic rings. The quantitative estimate of drug-likeness (QED) is 0.608. The lowest BCUT2D eigenvalue weighted by Crippen LogP contribution is -2.48. The lowest BCUT2D eigenvalue weighted by Gasteiger charge is -2.29. The van der Waals surface area contributed by atoms with Gasteiger partial charge in [-0.3, -0.25) is 0 Å². The molecule has 2 atom stereocenters. The van der Waals surface area contributed by atoms with E-state index in [1.165, 1.54) is 0 Å². The second-order valence-corrected chi connectivity index (χ2v) is 4.34. The van der Waals surface area contributed by atoms with Crippen LogP contribution in [0.3, 0.4) is 0 Å². The van der Waals surface area contributed by atoms with E-state index in [0.717, 1.165) is 19.3 Å². The van der Waals surface area contributed by atoms with Crippen LogP contribution < -0.4 is 5.32 Å². The van der Waals surface area contributed by atoms with Crippen molar-refractivity contribution in [1.82, 2.24) is 10.2 Å². The molecule has 0 radical (unpaired) electrons. The number of carboxylic acids is 1. The Hall–Kier alpha value is -1.30. The first-order valence-corrected chi connectivity index (χ1v) is 6.39. The summed E-state index contributed by atoms with van der Waals surface area (Å²) in [7, 11) is 0. The van der Waals surface area contributed by atoms with Gasteiger partial charge < -0.3 is 20.4 Å². The normalized spacial score (nSPS) is 13.8. The summed E-state index contributed by atoms with van der Waals surface area (Å²) in [6.07, 6.45) is 1.16. The Kier molecular flexibility index (Phi) is 8.11. The number of aliphatic hydroxyl groups excluding tert-OH is 1. The van der Waals surface area contributed by atoms with Crippen LogP contribution in [0.4, 0.5) is 4.79 Å². The molecule has 106 valence electrons. The largest absolute Gasteiger partial charge is 0.479 e. The topological polar surface area (TPSA) is 89.9 Å². The van der Waals surface area contributed by atoms with E-state index in [9.17, 15) is 9.59 Å². The highest BCUT2D eigenvalue weighted by Gasteiger charge is 2.20. The molecule has 6 nitrogen and oxygen atoms in total. The molecule has 0 aliphatic carbocycles. The summed E-state index contributed by atoms with van der Waals surface area (Å²) in [6, 6.07) is -0.225. The Labute approximate surface area is 108 Å². The fraction of sp³-hybridized carbons (Fsp3) is 0.833. The second kappa shape index (κ2) is 8.74. The van der Waals surface area contributed by atoms with Gasteiger partial charge in [-0.05, 0) is 19.8 Å². The van der Waals surface area contributed by atoms with E-state index in [0.29, 0.717) is 6.54 Å². The summed E-state index contributed by atoms with van der Waals surface area (Å²) in [4.78, 5) is 24.0. The van der Waals surface area contributed by atoms with Crippen molar-refractivity contribution in [1.29, 1.82) is 0 Å². The number of nitrogens with zero attached hydrogens (tertiary/aromatic N) is 1. The lowest BCUT2D eigenvalue weighted by molar-refractivity contribution is -0.146.